The molecule has 16 heavy (non-hydrogen) atoms. The molecule has 0 saturated heterocycles. The maximum Gasteiger partial charge on any atom is 0.226 e. The van der Waals surface area contributed by atoms with Crippen LogP contribution >= 0.6 is 11.8 Å². The summed E-state index contributed by atoms with van der Waals surface area (Å²) in [6.07, 6.45) is 3.56. The lowest BCUT2D eigenvalue weighted by molar-refractivity contribution is 0.373. The Morgan fingerprint density at radius 2 is 2.31 bits per heavy atom. The molecule has 0 N–H and O–H groups in total. The van der Waals surface area contributed by atoms with Gasteiger partial charge in [0.1, 0.15) is 5.76 Å². The first-order chi connectivity index (χ1) is 7.79. The lowest BCUT2D eigenvalue weighted by Gasteiger charge is -1.94. The molecule has 0 fully saturated rings. The van der Waals surface area contributed by atoms with Crippen LogP contribution in [0.15, 0.2) is 26.2 Å². The minimum atomic E-state index is 0.716. The highest BCUT2D eigenvalue weighted by Crippen LogP contribution is 2.25. The Hall–Kier alpha value is -1.23. The Morgan fingerprint density at radius 3 is 3.00 bits per heavy atom. The number of rotatable bonds is 5. The molecule has 0 bridgehead atoms. The average Bonchev–Trinajstić information content (AvgIpc) is 2.86. The fourth-order valence-corrected chi connectivity index (χ4v) is 2.13. The minimum Gasteiger partial charge on any atom is -0.468 e. The molecule has 0 radical (unpaired) electrons. The third-order valence-corrected chi connectivity index (χ3v) is 3.28. The van der Waals surface area contributed by atoms with Gasteiger partial charge in [0.15, 0.2) is 5.82 Å². The van der Waals surface area contributed by atoms with Crippen LogP contribution < -0.4 is 0 Å². The Bertz CT molecular complexity index is 450. The topological polar surface area (TPSA) is 52.1 Å². The van der Waals surface area contributed by atoms with Crippen LogP contribution in [0.1, 0.15) is 30.8 Å². The maximum absolute atomic E-state index is 5.21. The van der Waals surface area contributed by atoms with E-state index in [0.717, 1.165) is 35.2 Å². The van der Waals surface area contributed by atoms with Gasteiger partial charge in [-0.2, -0.15) is 4.98 Å². The van der Waals surface area contributed by atoms with Crippen LogP contribution in [0.25, 0.3) is 0 Å². The van der Waals surface area contributed by atoms with E-state index in [-0.39, 0.29) is 0 Å². The number of furan rings is 1. The molecular weight excluding hydrogens is 224 g/mol. The second-order valence-electron chi connectivity index (χ2n) is 3.48. The van der Waals surface area contributed by atoms with Crippen molar-refractivity contribution in [1.82, 2.24) is 10.1 Å². The first-order valence-corrected chi connectivity index (χ1v) is 6.26. The third kappa shape index (κ3) is 2.66. The summed E-state index contributed by atoms with van der Waals surface area (Å²) in [6, 6.07) is 1.95. The predicted octanol–water partition coefficient (Wildman–Crippen LogP) is 3.22. The molecule has 0 spiro atoms. The van der Waals surface area contributed by atoms with Crippen molar-refractivity contribution in [3.63, 3.8) is 0 Å². The minimum absolute atomic E-state index is 0.716. The van der Waals surface area contributed by atoms with Crippen LogP contribution in [0.5, 0.6) is 0 Å². The van der Waals surface area contributed by atoms with Crippen molar-refractivity contribution < 1.29 is 8.94 Å². The van der Waals surface area contributed by atoms with E-state index in [0.29, 0.717) is 5.75 Å². The van der Waals surface area contributed by atoms with Crippen LogP contribution in [-0.2, 0) is 12.2 Å². The quantitative estimate of drug-likeness (QED) is 0.748. The molecule has 0 aliphatic rings. The van der Waals surface area contributed by atoms with E-state index >= 15 is 0 Å². The van der Waals surface area contributed by atoms with Gasteiger partial charge in [-0.05, 0) is 19.4 Å². The van der Waals surface area contributed by atoms with E-state index in [4.69, 9.17) is 8.94 Å². The first kappa shape index (κ1) is 11.3. The fourth-order valence-electron chi connectivity index (χ4n) is 1.33. The van der Waals surface area contributed by atoms with Gasteiger partial charge in [-0.1, -0.05) is 12.1 Å². The fraction of sp³-hybridized carbons (Fsp3) is 0.455. The summed E-state index contributed by atoms with van der Waals surface area (Å²) in [5, 5.41) is 3.93. The molecule has 2 aromatic heterocycles. The summed E-state index contributed by atoms with van der Waals surface area (Å²) in [7, 11) is 0. The monoisotopic (exact) mass is 238 g/mol. The standard InChI is InChI=1S/C11H14N2O2S/c1-3-4-11-12-10(13-15-11)7-16-9-5-6-14-8(9)2/h5-6H,3-4,7H2,1-2H3. The molecule has 2 rings (SSSR count). The zero-order valence-corrected chi connectivity index (χ0v) is 10.2. The van der Waals surface area contributed by atoms with E-state index in [1.165, 1.54) is 0 Å². The Morgan fingerprint density at radius 1 is 1.44 bits per heavy atom. The SMILES string of the molecule is CCCc1nc(CSc2ccoc2C)no1. The number of hydrogen-bond donors (Lipinski definition) is 0. The average molecular weight is 238 g/mol. The molecule has 0 atom stereocenters. The number of aromatic nitrogens is 2. The van der Waals surface area contributed by atoms with Gasteiger partial charge in [0.05, 0.1) is 12.0 Å². The van der Waals surface area contributed by atoms with Gasteiger partial charge >= 0.3 is 0 Å². The smallest absolute Gasteiger partial charge is 0.226 e. The van der Waals surface area contributed by atoms with Crippen molar-refractivity contribution in [3.05, 3.63) is 29.8 Å². The second-order valence-corrected chi connectivity index (χ2v) is 4.50. The molecule has 86 valence electrons. The Kier molecular flexibility index (Phi) is 3.66. The number of hydrogen-bond acceptors (Lipinski definition) is 5. The van der Waals surface area contributed by atoms with Gasteiger partial charge in [-0.3, -0.25) is 0 Å². The van der Waals surface area contributed by atoms with Crippen LogP contribution in [0.3, 0.4) is 0 Å². The van der Waals surface area contributed by atoms with E-state index in [1.54, 1.807) is 18.0 Å². The summed E-state index contributed by atoms with van der Waals surface area (Å²) in [5.74, 6) is 3.12. The van der Waals surface area contributed by atoms with Gasteiger partial charge < -0.3 is 8.94 Å². The lowest BCUT2D eigenvalue weighted by Crippen LogP contribution is -1.86. The van der Waals surface area contributed by atoms with Gasteiger partial charge in [0.2, 0.25) is 5.89 Å². The summed E-state index contributed by atoms with van der Waals surface area (Å²) < 4.78 is 10.3. The largest absolute Gasteiger partial charge is 0.468 e. The van der Waals surface area contributed by atoms with Crippen LogP contribution in [-0.4, -0.2) is 10.1 Å². The summed E-state index contributed by atoms with van der Waals surface area (Å²) in [5.41, 5.74) is 0. The van der Waals surface area contributed by atoms with Crippen LogP contribution in [0.4, 0.5) is 0 Å². The van der Waals surface area contributed by atoms with Gasteiger partial charge in [-0.25, -0.2) is 0 Å². The third-order valence-electron chi connectivity index (χ3n) is 2.14. The lowest BCUT2D eigenvalue weighted by atomic mass is 10.3. The molecule has 0 aromatic carbocycles. The normalized spacial score (nSPS) is 10.9. The molecule has 0 saturated carbocycles. The van der Waals surface area contributed by atoms with E-state index in [1.807, 2.05) is 13.0 Å². The molecule has 0 aliphatic carbocycles. The number of thioether (sulfide) groups is 1. The molecule has 2 heterocycles. The molecule has 0 amide bonds. The zero-order valence-electron chi connectivity index (χ0n) is 9.40. The van der Waals surface area contributed by atoms with Crippen LogP contribution in [0, 0.1) is 6.92 Å². The van der Waals surface area contributed by atoms with Gasteiger partial charge in [0.25, 0.3) is 0 Å². The highest BCUT2D eigenvalue weighted by atomic mass is 32.2. The molecule has 0 aliphatic heterocycles. The summed E-state index contributed by atoms with van der Waals surface area (Å²) >= 11 is 1.66. The maximum atomic E-state index is 5.21. The zero-order chi connectivity index (χ0) is 11.4. The van der Waals surface area contributed by atoms with E-state index < -0.39 is 0 Å². The predicted molar refractivity (Wildman–Crippen MR) is 61.3 cm³/mol. The summed E-state index contributed by atoms with van der Waals surface area (Å²) in [6.45, 7) is 4.04. The van der Waals surface area contributed by atoms with Crippen molar-refractivity contribution in [2.45, 2.75) is 37.3 Å². The van der Waals surface area contributed by atoms with E-state index in [2.05, 4.69) is 17.1 Å². The molecule has 4 nitrogen and oxygen atoms in total. The first-order valence-electron chi connectivity index (χ1n) is 5.28. The molecule has 5 heteroatoms. The number of aryl methyl sites for hydroxylation is 2. The van der Waals surface area contributed by atoms with Crippen molar-refractivity contribution in [2.75, 3.05) is 0 Å². The van der Waals surface area contributed by atoms with Crippen molar-refractivity contribution in [3.8, 4) is 0 Å². The van der Waals surface area contributed by atoms with Crippen molar-refractivity contribution >= 4 is 11.8 Å². The van der Waals surface area contributed by atoms with Crippen molar-refractivity contribution in [1.29, 1.82) is 0 Å². The van der Waals surface area contributed by atoms with Gasteiger partial charge in [0, 0.05) is 11.3 Å². The highest BCUT2D eigenvalue weighted by Gasteiger charge is 2.07. The second kappa shape index (κ2) is 5.21. The Labute approximate surface area is 98.4 Å². The molecular formula is C11H14N2O2S. The van der Waals surface area contributed by atoms with E-state index in [9.17, 15) is 0 Å². The molecule has 2 aromatic rings. The van der Waals surface area contributed by atoms with Crippen LogP contribution in [0.2, 0.25) is 0 Å². The Balaban J connectivity index is 1.92. The van der Waals surface area contributed by atoms with Crippen molar-refractivity contribution in [2.24, 2.45) is 0 Å². The highest BCUT2D eigenvalue weighted by molar-refractivity contribution is 7.98. The summed E-state index contributed by atoms with van der Waals surface area (Å²) in [4.78, 5) is 5.43. The van der Waals surface area contributed by atoms with Gasteiger partial charge in [-0.15, -0.1) is 11.8 Å². The molecule has 0 unspecified atom stereocenters. The number of nitrogens with zero attached hydrogens (tertiary/aromatic N) is 2.